The van der Waals surface area contributed by atoms with E-state index in [1.165, 1.54) is 0 Å². The maximum absolute atomic E-state index is 10.4. The summed E-state index contributed by atoms with van der Waals surface area (Å²) in [6.45, 7) is 7.64. The van der Waals surface area contributed by atoms with E-state index in [9.17, 15) is 4.79 Å². The molecule has 0 aromatic carbocycles. The number of hydrogen-bond acceptors (Lipinski definition) is 3. The highest BCUT2D eigenvalue weighted by Crippen LogP contribution is 1.91. The smallest absolute Gasteiger partial charge is 0.320 e. The lowest BCUT2D eigenvalue weighted by Crippen LogP contribution is -2.36. The van der Waals surface area contributed by atoms with Gasteiger partial charge in [-0.25, -0.2) is 0 Å². The Bertz CT molecular complexity index is 148. The summed E-state index contributed by atoms with van der Waals surface area (Å²) in [5.74, 6) is -0.305. The van der Waals surface area contributed by atoms with Gasteiger partial charge < -0.3 is 15.2 Å². The molecule has 0 amide bonds. The lowest BCUT2D eigenvalue weighted by Gasteiger charge is -2.10. The third kappa shape index (κ3) is 7.74. The van der Waals surface area contributed by atoms with Crippen LogP contribution < -0.4 is 5.32 Å². The second kappa shape index (κ2) is 6.86. The minimum absolute atomic E-state index is 0.498. The van der Waals surface area contributed by atoms with Gasteiger partial charge in [0.15, 0.2) is 0 Å². The highest BCUT2D eigenvalue weighted by Gasteiger charge is 2.08. The number of aliphatic carboxylic acids is 1. The highest BCUT2D eigenvalue weighted by atomic mass is 16.5. The molecular formula is C9H19NO3. The van der Waals surface area contributed by atoms with Crippen LogP contribution in [0.3, 0.4) is 0 Å². The van der Waals surface area contributed by atoms with Crippen molar-refractivity contribution in [1.29, 1.82) is 0 Å². The molecule has 0 unspecified atom stereocenters. The number of carboxylic acid groups (broad SMARTS) is 1. The SMILES string of the molecule is CC(C)COCCN[C@H](C)C(=O)O. The molecule has 4 nitrogen and oxygen atoms in total. The number of rotatable bonds is 7. The van der Waals surface area contributed by atoms with Gasteiger partial charge in [-0.15, -0.1) is 0 Å². The predicted molar refractivity (Wildman–Crippen MR) is 50.8 cm³/mol. The van der Waals surface area contributed by atoms with Crippen molar-refractivity contribution in [3.05, 3.63) is 0 Å². The van der Waals surface area contributed by atoms with E-state index in [2.05, 4.69) is 19.2 Å². The Morgan fingerprint density at radius 2 is 2.08 bits per heavy atom. The molecule has 0 bridgehead atoms. The van der Waals surface area contributed by atoms with E-state index in [4.69, 9.17) is 9.84 Å². The number of nitrogens with one attached hydrogen (secondary N) is 1. The van der Waals surface area contributed by atoms with Gasteiger partial charge in [0, 0.05) is 13.2 Å². The third-order valence-electron chi connectivity index (χ3n) is 1.52. The fourth-order valence-electron chi connectivity index (χ4n) is 0.754. The molecule has 2 N–H and O–H groups in total. The first-order chi connectivity index (χ1) is 6.04. The molecule has 13 heavy (non-hydrogen) atoms. The zero-order chi connectivity index (χ0) is 10.3. The van der Waals surface area contributed by atoms with Crippen LogP contribution in [0.1, 0.15) is 20.8 Å². The Labute approximate surface area is 79.3 Å². The van der Waals surface area contributed by atoms with E-state index in [0.717, 1.165) is 6.61 Å². The van der Waals surface area contributed by atoms with Gasteiger partial charge in [-0.3, -0.25) is 4.79 Å². The zero-order valence-corrected chi connectivity index (χ0v) is 8.54. The molecule has 0 saturated heterocycles. The molecule has 0 aliphatic heterocycles. The topological polar surface area (TPSA) is 58.6 Å². The van der Waals surface area contributed by atoms with E-state index in [0.29, 0.717) is 19.1 Å². The predicted octanol–water partition coefficient (Wildman–Crippen LogP) is 0.722. The van der Waals surface area contributed by atoms with Crippen LogP contribution in [-0.4, -0.2) is 36.9 Å². The van der Waals surface area contributed by atoms with Gasteiger partial charge in [-0.05, 0) is 12.8 Å². The second-order valence-corrected chi connectivity index (χ2v) is 3.48. The Kier molecular flexibility index (Phi) is 6.54. The van der Waals surface area contributed by atoms with Gasteiger partial charge in [0.2, 0.25) is 0 Å². The van der Waals surface area contributed by atoms with Crippen LogP contribution in [0.4, 0.5) is 0 Å². The summed E-state index contributed by atoms with van der Waals surface area (Å²) in [5.41, 5.74) is 0. The molecule has 0 aliphatic carbocycles. The fraction of sp³-hybridized carbons (Fsp3) is 0.889. The quantitative estimate of drug-likeness (QED) is 0.579. The molecule has 0 aromatic heterocycles. The van der Waals surface area contributed by atoms with Gasteiger partial charge in [0.1, 0.15) is 6.04 Å². The van der Waals surface area contributed by atoms with Crippen molar-refractivity contribution < 1.29 is 14.6 Å². The van der Waals surface area contributed by atoms with Crippen LogP contribution in [-0.2, 0) is 9.53 Å². The molecule has 78 valence electrons. The summed E-state index contributed by atoms with van der Waals surface area (Å²) >= 11 is 0. The lowest BCUT2D eigenvalue weighted by atomic mass is 10.2. The highest BCUT2D eigenvalue weighted by molar-refractivity contribution is 5.72. The van der Waals surface area contributed by atoms with E-state index >= 15 is 0 Å². The van der Waals surface area contributed by atoms with Crippen LogP contribution in [0.5, 0.6) is 0 Å². The largest absolute Gasteiger partial charge is 0.480 e. The molecule has 0 spiro atoms. The van der Waals surface area contributed by atoms with Crippen molar-refractivity contribution in [3.63, 3.8) is 0 Å². The monoisotopic (exact) mass is 189 g/mol. The van der Waals surface area contributed by atoms with Gasteiger partial charge >= 0.3 is 5.97 Å². The van der Waals surface area contributed by atoms with Crippen LogP contribution >= 0.6 is 0 Å². The van der Waals surface area contributed by atoms with Crippen LogP contribution in [0, 0.1) is 5.92 Å². The summed E-state index contributed by atoms with van der Waals surface area (Å²) in [4.78, 5) is 10.4. The van der Waals surface area contributed by atoms with Crippen molar-refractivity contribution in [3.8, 4) is 0 Å². The molecule has 0 aromatic rings. The number of hydrogen-bond donors (Lipinski definition) is 2. The maximum atomic E-state index is 10.4. The Morgan fingerprint density at radius 3 is 2.54 bits per heavy atom. The molecule has 0 rings (SSSR count). The van der Waals surface area contributed by atoms with Gasteiger partial charge in [-0.1, -0.05) is 13.8 Å². The lowest BCUT2D eigenvalue weighted by molar-refractivity contribution is -0.139. The van der Waals surface area contributed by atoms with Crippen molar-refractivity contribution in [2.24, 2.45) is 5.92 Å². The number of carboxylic acids is 1. The van der Waals surface area contributed by atoms with E-state index in [1.54, 1.807) is 6.92 Å². The molecule has 0 radical (unpaired) electrons. The molecule has 0 saturated carbocycles. The van der Waals surface area contributed by atoms with Crippen molar-refractivity contribution >= 4 is 5.97 Å². The van der Waals surface area contributed by atoms with Crippen LogP contribution in [0.25, 0.3) is 0 Å². The standard InChI is InChI=1S/C9H19NO3/c1-7(2)6-13-5-4-10-8(3)9(11)12/h7-8,10H,4-6H2,1-3H3,(H,11,12)/t8-/m1/s1. The van der Waals surface area contributed by atoms with Crippen molar-refractivity contribution in [2.75, 3.05) is 19.8 Å². The van der Waals surface area contributed by atoms with Gasteiger partial charge in [0.05, 0.1) is 6.61 Å². The minimum atomic E-state index is -0.830. The first kappa shape index (κ1) is 12.4. The Morgan fingerprint density at radius 1 is 1.46 bits per heavy atom. The third-order valence-corrected chi connectivity index (χ3v) is 1.52. The van der Waals surface area contributed by atoms with Crippen molar-refractivity contribution in [2.45, 2.75) is 26.8 Å². The van der Waals surface area contributed by atoms with Crippen LogP contribution in [0.2, 0.25) is 0 Å². The average molecular weight is 189 g/mol. The maximum Gasteiger partial charge on any atom is 0.320 e. The normalized spacial score (nSPS) is 13.2. The Balaban J connectivity index is 3.21. The van der Waals surface area contributed by atoms with Crippen molar-refractivity contribution in [1.82, 2.24) is 5.32 Å². The molecule has 0 aliphatic rings. The van der Waals surface area contributed by atoms with E-state index in [-0.39, 0.29) is 0 Å². The van der Waals surface area contributed by atoms with Crippen LogP contribution in [0.15, 0.2) is 0 Å². The van der Waals surface area contributed by atoms with E-state index < -0.39 is 12.0 Å². The summed E-state index contributed by atoms with van der Waals surface area (Å²) < 4.78 is 5.27. The first-order valence-corrected chi connectivity index (χ1v) is 4.58. The molecule has 4 heteroatoms. The minimum Gasteiger partial charge on any atom is -0.480 e. The molecular weight excluding hydrogens is 170 g/mol. The summed E-state index contributed by atoms with van der Waals surface area (Å²) in [5, 5.41) is 11.4. The summed E-state index contributed by atoms with van der Waals surface area (Å²) in [7, 11) is 0. The van der Waals surface area contributed by atoms with Gasteiger partial charge in [-0.2, -0.15) is 0 Å². The number of carbonyl (C=O) groups is 1. The average Bonchev–Trinajstić information content (AvgIpc) is 2.02. The zero-order valence-electron chi connectivity index (χ0n) is 8.54. The second-order valence-electron chi connectivity index (χ2n) is 3.48. The molecule has 0 fully saturated rings. The fourth-order valence-corrected chi connectivity index (χ4v) is 0.754. The molecule has 0 heterocycles. The van der Waals surface area contributed by atoms with E-state index in [1.807, 2.05) is 0 Å². The van der Waals surface area contributed by atoms with Gasteiger partial charge in [0.25, 0.3) is 0 Å². The summed E-state index contributed by atoms with van der Waals surface area (Å²) in [6, 6.07) is -0.498. The molecule has 1 atom stereocenters. The number of ether oxygens (including phenoxy) is 1. The Hall–Kier alpha value is -0.610. The first-order valence-electron chi connectivity index (χ1n) is 4.58. The summed E-state index contributed by atoms with van der Waals surface area (Å²) in [6.07, 6.45) is 0.